The van der Waals surface area contributed by atoms with E-state index < -0.39 is 5.97 Å². The number of carbonyl (C=O) groups is 2. The van der Waals surface area contributed by atoms with E-state index >= 15 is 0 Å². The van der Waals surface area contributed by atoms with E-state index in [2.05, 4.69) is 5.10 Å². The second kappa shape index (κ2) is 8.44. The monoisotopic (exact) mass is 449 g/mol. The van der Waals surface area contributed by atoms with Gasteiger partial charge >= 0.3 is 5.97 Å². The molecule has 1 N–H and O–H groups in total. The number of carbonyl (C=O) groups excluding carboxylic acids is 1. The molecule has 3 heterocycles. The molecule has 164 valence electrons. The highest BCUT2D eigenvalue weighted by atomic mass is 32.2. The molecule has 1 aromatic heterocycles. The summed E-state index contributed by atoms with van der Waals surface area (Å²) in [6, 6.07) is 15.2. The number of piperidine rings is 1. The quantitative estimate of drug-likeness (QED) is 0.646. The molecule has 3 aromatic rings. The Morgan fingerprint density at radius 2 is 1.91 bits per heavy atom. The average molecular weight is 450 g/mol. The summed E-state index contributed by atoms with van der Waals surface area (Å²) in [5.74, 6) is -0.536. The zero-order valence-electron chi connectivity index (χ0n) is 17.7. The van der Waals surface area contributed by atoms with Gasteiger partial charge in [-0.25, -0.2) is 9.48 Å². The Morgan fingerprint density at radius 1 is 1.12 bits per heavy atom. The summed E-state index contributed by atoms with van der Waals surface area (Å²) in [4.78, 5) is 28.0. The third kappa shape index (κ3) is 3.59. The Balaban J connectivity index is 1.54. The van der Waals surface area contributed by atoms with Gasteiger partial charge in [0.15, 0.2) is 5.69 Å². The third-order valence-corrected chi connectivity index (χ3v) is 7.20. The van der Waals surface area contributed by atoms with Gasteiger partial charge in [0.25, 0.3) is 5.91 Å². The summed E-state index contributed by atoms with van der Waals surface area (Å²) in [7, 11) is 1.71. The standard InChI is InChI=1S/C24H23N3O4S/c1-31-17-9-11-26(12-10-17)23(28)15-5-4-6-16(13-15)27-22-18-7-2-3-8-20(18)32-14-19(22)21(25-27)24(29)30/h2-8,13,17H,9-12,14H2,1H3,(H,29,30). The number of likely N-dealkylation sites (tertiary alicyclic amines) is 1. The lowest BCUT2D eigenvalue weighted by Gasteiger charge is -2.31. The SMILES string of the molecule is COC1CCN(C(=O)c2cccc(-n3nc(C(=O)O)c4c3-c3ccccc3SC4)c2)CC1. The first-order valence-electron chi connectivity index (χ1n) is 10.6. The van der Waals surface area contributed by atoms with Crippen LogP contribution in [0.25, 0.3) is 16.9 Å². The number of fused-ring (bicyclic) bond motifs is 3. The molecule has 5 rings (SSSR count). The van der Waals surface area contributed by atoms with Crippen LogP contribution >= 0.6 is 11.8 Å². The number of carboxylic acids is 1. The van der Waals surface area contributed by atoms with Crippen molar-refractivity contribution in [2.75, 3.05) is 20.2 Å². The minimum atomic E-state index is -1.05. The van der Waals surface area contributed by atoms with Crippen LogP contribution in [0.1, 0.15) is 39.3 Å². The van der Waals surface area contributed by atoms with Gasteiger partial charge in [-0.1, -0.05) is 24.3 Å². The zero-order chi connectivity index (χ0) is 22.2. The molecule has 0 bridgehead atoms. The first-order valence-corrected chi connectivity index (χ1v) is 11.5. The van der Waals surface area contributed by atoms with Gasteiger partial charge in [0.05, 0.1) is 17.5 Å². The van der Waals surface area contributed by atoms with Crippen LogP contribution in [0.3, 0.4) is 0 Å². The molecule has 0 atom stereocenters. The second-order valence-electron chi connectivity index (χ2n) is 7.96. The van der Waals surface area contributed by atoms with Crippen LogP contribution in [0.5, 0.6) is 0 Å². The van der Waals surface area contributed by atoms with Crippen LogP contribution < -0.4 is 0 Å². The largest absolute Gasteiger partial charge is 0.476 e. The first kappa shape index (κ1) is 20.8. The van der Waals surface area contributed by atoms with Gasteiger partial charge < -0.3 is 14.7 Å². The molecule has 2 aliphatic rings. The van der Waals surface area contributed by atoms with E-state index in [1.165, 1.54) is 0 Å². The maximum atomic E-state index is 13.1. The fraction of sp³-hybridized carbons (Fsp3) is 0.292. The van der Waals surface area contributed by atoms with Crippen molar-refractivity contribution in [3.63, 3.8) is 0 Å². The lowest BCUT2D eigenvalue weighted by molar-refractivity contribution is 0.0350. The highest BCUT2D eigenvalue weighted by Gasteiger charge is 2.29. The van der Waals surface area contributed by atoms with Crippen molar-refractivity contribution in [3.05, 3.63) is 65.4 Å². The topological polar surface area (TPSA) is 84.7 Å². The van der Waals surface area contributed by atoms with E-state index in [1.54, 1.807) is 35.7 Å². The lowest BCUT2D eigenvalue weighted by Crippen LogP contribution is -2.40. The molecule has 8 heteroatoms. The summed E-state index contributed by atoms with van der Waals surface area (Å²) in [5, 5.41) is 14.2. The Bertz CT molecular complexity index is 1200. The zero-order valence-corrected chi connectivity index (χ0v) is 18.5. The predicted octanol–water partition coefficient (Wildman–Crippen LogP) is 4.09. The summed E-state index contributed by atoms with van der Waals surface area (Å²) >= 11 is 1.61. The molecule has 0 saturated carbocycles. The molecule has 2 aromatic carbocycles. The maximum absolute atomic E-state index is 13.1. The van der Waals surface area contributed by atoms with Crippen LogP contribution in [0.15, 0.2) is 53.4 Å². The van der Waals surface area contributed by atoms with Gasteiger partial charge in [-0.05, 0) is 37.1 Å². The van der Waals surface area contributed by atoms with Crippen molar-refractivity contribution in [2.24, 2.45) is 0 Å². The highest BCUT2D eigenvalue weighted by molar-refractivity contribution is 7.98. The van der Waals surface area contributed by atoms with Crippen LogP contribution in [0, 0.1) is 0 Å². The van der Waals surface area contributed by atoms with Crippen LogP contribution in [-0.4, -0.2) is 58.0 Å². The fourth-order valence-electron chi connectivity index (χ4n) is 4.41. The number of benzene rings is 2. The Labute approximate surface area is 190 Å². The van der Waals surface area contributed by atoms with Crippen LogP contribution in [0.4, 0.5) is 0 Å². The molecule has 7 nitrogen and oxygen atoms in total. The number of ether oxygens (including phenoxy) is 1. The van der Waals surface area contributed by atoms with E-state index in [0.29, 0.717) is 35.7 Å². The molecule has 2 aliphatic heterocycles. The van der Waals surface area contributed by atoms with Gasteiger partial charge in [-0.2, -0.15) is 5.10 Å². The Hall–Kier alpha value is -3.10. The molecule has 0 unspecified atom stereocenters. The van der Waals surface area contributed by atoms with E-state index in [0.717, 1.165) is 29.0 Å². The highest BCUT2D eigenvalue weighted by Crippen LogP contribution is 2.43. The summed E-state index contributed by atoms with van der Waals surface area (Å²) < 4.78 is 7.08. The minimum absolute atomic E-state index is 0.0307. The van der Waals surface area contributed by atoms with Gasteiger partial charge in [-0.15, -0.1) is 11.8 Å². The molecule has 1 fully saturated rings. The van der Waals surface area contributed by atoms with Gasteiger partial charge in [0.2, 0.25) is 0 Å². The molecule has 1 amide bonds. The minimum Gasteiger partial charge on any atom is -0.476 e. The van der Waals surface area contributed by atoms with Crippen LogP contribution in [0.2, 0.25) is 0 Å². The first-order chi connectivity index (χ1) is 15.6. The van der Waals surface area contributed by atoms with Crippen LogP contribution in [-0.2, 0) is 10.5 Å². The van der Waals surface area contributed by atoms with Gasteiger partial charge in [0.1, 0.15) is 0 Å². The number of hydrogen-bond acceptors (Lipinski definition) is 5. The van der Waals surface area contributed by atoms with Crippen molar-refractivity contribution in [2.45, 2.75) is 29.6 Å². The number of methoxy groups -OCH3 is 1. The predicted molar refractivity (Wildman–Crippen MR) is 121 cm³/mol. The number of aromatic nitrogens is 2. The number of aromatic carboxylic acids is 1. The van der Waals surface area contributed by atoms with Gasteiger partial charge in [-0.3, -0.25) is 4.79 Å². The molecule has 1 saturated heterocycles. The molecule has 0 radical (unpaired) electrons. The molecular formula is C24H23N3O4S. The fourth-order valence-corrected chi connectivity index (χ4v) is 5.48. The summed E-state index contributed by atoms with van der Waals surface area (Å²) in [6.07, 6.45) is 1.85. The van der Waals surface area contributed by atoms with E-state index in [4.69, 9.17) is 4.74 Å². The summed E-state index contributed by atoms with van der Waals surface area (Å²) in [6.45, 7) is 1.32. The molecular weight excluding hydrogens is 426 g/mol. The number of carboxylic acid groups (broad SMARTS) is 1. The average Bonchev–Trinajstić information content (AvgIpc) is 3.24. The lowest BCUT2D eigenvalue weighted by atomic mass is 10.0. The van der Waals surface area contributed by atoms with E-state index in [9.17, 15) is 14.7 Å². The molecule has 32 heavy (non-hydrogen) atoms. The summed E-state index contributed by atoms with van der Waals surface area (Å²) in [5.41, 5.74) is 3.74. The van der Waals surface area contributed by atoms with E-state index in [1.807, 2.05) is 41.3 Å². The number of hydrogen-bond donors (Lipinski definition) is 1. The van der Waals surface area contributed by atoms with Crippen molar-refractivity contribution in [1.29, 1.82) is 0 Å². The van der Waals surface area contributed by atoms with Gasteiger partial charge in [0, 0.05) is 47.5 Å². The third-order valence-electron chi connectivity index (χ3n) is 6.10. The Kier molecular flexibility index (Phi) is 5.48. The normalized spacial score (nSPS) is 15.8. The maximum Gasteiger partial charge on any atom is 0.356 e. The van der Waals surface area contributed by atoms with Crippen molar-refractivity contribution in [3.8, 4) is 16.9 Å². The van der Waals surface area contributed by atoms with Crippen molar-refractivity contribution in [1.82, 2.24) is 14.7 Å². The molecule has 0 aliphatic carbocycles. The number of nitrogens with zero attached hydrogens (tertiary/aromatic N) is 3. The van der Waals surface area contributed by atoms with Crippen molar-refractivity contribution >= 4 is 23.6 Å². The smallest absolute Gasteiger partial charge is 0.356 e. The number of thioether (sulfide) groups is 1. The number of rotatable bonds is 4. The van der Waals surface area contributed by atoms with E-state index in [-0.39, 0.29) is 17.7 Å². The second-order valence-corrected chi connectivity index (χ2v) is 8.97. The molecule has 0 spiro atoms. The Morgan fingerprint density at radius 3 is 2.66 bits per heavy atom. The van der Waals surface area contributed by atoms with Crippen molar-refractivity contribution < 1.29 is 19.4 Å². The number of amides is 1.